The van der Waals surface area contributed by atoms with Crippen LogP contribution in [0.1, 0.15) is 49.9 Å². The monoisotopic (exact) mass is 392 g/mol. The van der Waals surface area contributed by atoms with Gasteiger partial charge in [-0.15, -0.1) is 0 Å². The van der Waals surface area contributed by atoms with Crippen molar-refractivity contribution in [3.05, 3.63) is 23.8 Å². The Morgan fingerprint density at radius 3 is 2.57 bits per heavy atom. The first kappa shape index (κ1) is 21.5. The van der Waals surface area contributed by atoms with E-state index in [2.05, 4.69) is 17.6 Å². The summed E-state index contributed by atoms with van der Waals surface area (Å²) in [7, 11) is 1.50. The summed E-state index contributed by atoms with van der Waals surface area (Å²) in [5, 5.41) is 5.00. The SMILES string of the molecule is CCOc1cc(C(=O)OCC(=O)NC(=O)NC2CCCCC2C)ccc1OC. The third kappa shape index (κ3) is 6.14. The standard InChI is InChI=1S/C20H28N2O6/c1-4-27-17-11-14(9-10-16(17)26-3)19(24)28-12-18(23)22-20(25)21-15-8-6-5-7-13(15)2/h9-11,13,15H,4-8,12H2,1-3H3,(H2,21,22,23,25). The van der Waals surface area contributed by atoms with Crippen LogP contribution in [0.4, 0.5) is 4.79 Å². The van der Waals surface area contributed by atoms with E-state index in [-0.39, 0.29) is 11.6 Å². The third-order valence-corrected chi connectivity index (χ3v) is 4.71. The summed E-state index contributed by atoms with van der Waals surface area (Å²) >= 11 is 0. The Kier molecular flexibility index (Phi) is 8.10. The number of esters is 1. The minimum atomic E-state index is -0.694. The van der Waals surface area contributed by atoms with Crippen LogP contribution in [0.5, 0.6) is 11.5 Å². The van der Waals surface area contributed by atoms with Gasteiger partial charge in [0.15, 0.2) is 18.1 Å². The molecular formula is C20H28N2O6. The van der Waals surface area contributed by atoms with Crippen LogP contribution in [0.3, 0.4) is 0 Å². The maximum atomic E-state index is 12.2. The van der Waals surface area contributed by atoms with E-state index in [0.717, 1.165) is 25.7 Å². The Labute approximate surface area is 164 Å². The number of nitrogens with one attached hydrogen (secondary N) is 2. The lowest BCUT2D eigenvalue weighted by molar-refractivity contribution is -0.123. The van der Waals surface area contributed by atoms with Gasteiger partial charge >= 0.3 is 12.0 Å². The predicted octanol–water partition coefficient (Wildman–Crippen LogP) is 2.66. The minimum absolute atomic E-state index is 0.0559. The van der Waals surface area contributed by atoms with Crippen LogP contribution in [0, 0.1) is 5.92 Å². The van der Waals surface area contributed by atoms with E-state index in [4.69, 9.17) is 14.2 Å². The maximum absolute atomic E-state index is 12.2. The largest absolute Gasteiger partial charge is 0.493 e. The van der Waals surface area contributed by atoms with Crippen molar-refractivity contribution < 1.29 is 28.6 Å². The number of hydrogen-bond donors (Lipinski definition) is 2. The van der Waals surface area contributed by atoms with Gasteiger partial charge in [-0.05, 0) is 43.9 Å². The molecule has 1 saturated carbocycles. The molecule has 2 unspecified atom stereocenters. The first-order chi connectivity index (χ1) is 13.4. The molecule has 0 heterocycles. The molecule has 1 aromatic rings. The van der Waals surface area contributed by atoms with Gasteiger partial charge in [-0.2, -0.15) is 0 Å². The van der Waals surface area contributed by atoms with Crippen LogP contribution in [-0.2, 0) is 9.53 Å². The van der Waals surface area contributed by atoms with Crippen molar-refractivity contribution in [1.29, 1.82) is 0 Å². The first-order valence-electron chi connectivity index (χ1n) is 9.52. The highest BCUT2D eigenvalue weighted by molar-refractivity contribution is 5.97. The average molecular weight is 392 g/mol. The number of rotatable bonds is 7. The molecule has 2 rings (SSSR count). The second-order valence-electron chi connectivity index (χ2n) is 6.76. The predicted molar refractivity (Wildman–Crippen MR) is 103 cm³/mol. The van der Waals surface area contributed by atoms with Crippen LogP contribution in [0.25, 0.3) is 0 Å². The molecule has 1 aliphatic carbocycles. The highest BCUT2D eigenvalue weighted by atomic mass is 16.5. The van der Waals surface area contributed by atoms with Crippen LogP contribution >= 0.6 is 0 Å². The average Bonchev–Trinajstić information content (AvgIpc) is 2.68. The van der Waals surface area contributed by atoms with Crippen molar-refractivity contribution in [3.63, 3.8) is 0 Å². The topological polar surface area (TPSA) is 103 Å². The van der Waals surface area contributed by atoms with Crippen molar-refractivity contribution in [2.75, 3.05) is 20.3 Å². The summed E-state index contributed by atoms with van der Waals surface area (Å²) in [6.45, 7) is 3.75. The molecule has 1 aliphatic rings. The van der Waals surface area contributed by atoms with Gasteiger partial charge in [0.25, 0.3) is 5.91 Å². The van der Waals surface area contributed by atoms with Gasteiger partial charge in [0.05, 0.1) is 19.3 Å². The van der Waals surface area contributed by atoms with Crippen LogP contribution in [0.15, 0.2) is 18.2 Å². The van der Waals surface area contributed by atoms with Gasteiger partial charge in [-0.3, -0.25) is 10.1 Å². The fraction of sp³-hybridized carbons (Fsp3) is 0.550. The van der Waals surface area contributed by atoms with E-state index >= 15 is 0 Å². The van der Waals surface area contributed by atoms with E-state index < -0.39 is 24.5 Å². The Morgan fingerprint density at radius 1 is 1.14 bits per heavy atom. The van der Waals surface area contributed by atoms with Crippen LogP contribution in [0.2, 0.25) is 0 Å². The van der Waals surface area contributed by atoms with Gasteiger partial charge in [0.2, 0.25) is 0 Å². The molecule has 0 aliphatic heterocycles. The third-order valence-electron chi connectivity index (χ3n) is 4.71. The Morgan fingerprint density at radius 2 is 1.89 bits per heavy atom. The normalized spacial score (nSPS) is 18.7. The molecule has 2 atom stereocenters. The molecule has 0 radical (unpaired) electrons. The lowest BCUT2D eigenvalue weighted by Crippen LogP contribution is -2.48. The summed E-state index contributed by atoms with van der Waals surface area (Å²) in [6, 6.07) is 4.07. The number of imide groups is 1. The molecule has 8 nitrogen and oxygen atoms in total. The lowest BCUT2D eigenvalue weighted by atomic mass is 9.86. The van der Waals surface area contributed by atoms with Gasteiger partial charge in [-0.25, -0.2) is 9.59 Å². The molecule has 1 fully saturated rings. The number of carbonyl (C=O) groups is 3. The minimum Gasteiger partial charge on any atom is -0.493 e. The van der Waals surface area contributed by atoms with Crippen molar-refractivity contribution in [3.8, 4) is 11.5 Å². The van der Waals surface area contributed by atoms with Crippen LogP contribution in [-0.4, -0.2) is 44.3 Å². The lowest BCUT2D eigenvalue weighted by Gasteiger charge is -2.29. The molecule has 3 amide bonds. The quantitative estimate of drug-likeness (QED) is 0.692. The number of hydrogen-bond acceptors (Lipinski definition) is 6. The number of carbonyl (C=O) groups excluding carboxylic acids is 3. The molecule has 0 aromatic heterocycles. The summed E-state index contributed by atoms with van der Waals surface area (Å²) in [5.74, 6) is -0.107. The molecule has 1 aromatic carbocycles. The van der Waals surface area contributed by atoms with Crippen molar-refractivity contribution in [1.82, 2.24) is 10.6 Å². The smallest absolute Gasteiger partial charge is 0.338 e. The Bertz CT molecular complexity index is 706. The maximum Gasteiger partial charge on any atom is 0.338 e. The van der Waals surface area contributed by atoms with Gasteiger partial charge < -0.3 is 19.5 Å². The van der Waals surface area contributed by atoms with E-state index in [1.807, 2.05) is 6.92 Å². The molecule has 0 bridgehead atoms. The highest BCUT2D eigenvalue weighted by Crippen LogP contribution is 2.28. The Balaban J connectivity index is 1.82. The number of benzene rings is 1. The summed E-state index contributed by atoms with van der Waals surface area (Å²) < 4.78 is 15.6. The number of ether oxygens (including phenoxy) is 3. The van der Waals surface area contributed by atoms with E-state index in [9.17, 15) is 14.4 Å². The molecule has 0 spiro atoms. The molecule has 0 saturated heterocycles. The van der Waals surface area contributed by atoms with E-state index in [0.29, 0.717) is 24.0 Å². The summed E-state index contributed by atoms with van der Waals surface area (Å²) in [4.78, 5) is 36.0. The molecular weight excluding hydrogens is 364 g/mol. The second kappa shape index (κ2) is 10.5. The molecule has 2 N–H and O–H groups in total. The highest BCUT2D eigenvalue weighted by Gasteiger charge is 2.23. The molecule has 154 valence electrons. The number of urea groups is 1. The number of methoxy groups -OCH3 is 1. The Hall–Kier alpha value is -2.77. The second-order valence-corrected chi connectivity index (χ2v) is 6.76. The zero-order valence-electron chi connectivity index (χ0n) is 16.6. The van der Waals surface area contributed by atoms with Crippen molar-refractivity contribution in [2.45, 2.75) is 45.6 Å². The van der Waals surface area contributed by atoms with Crippen molar-refractivity contribution in [2.24, 2.45) is 5.92 Å². The fourth-order valence-electron chi connectivity index (χ4n) is 3.18. The van der Waals surface area contributed by atoms with E-state index in [1.54, 1.807) is 6.07 Å². The van der Waals surface area contributed by atoms with Crippen molar-refractivity contribution >= 4 is 17.9 Å². The first-order valence-corrected chi connectivity index (χ1v) is 9.52. The summed E-state index contributed by atoms with van der Waals surface area (Å²) in [6.07, 6.45) is 4.18. The van der Waals surface area contributed by atoms with Gasteiger partial charge in [0, 0.05) is 6.04 Å². The van der Waals surface area contributed by atoms with Crippen LogP contribution < -0.4 is 20.1 Å². The van der Waals surface area contributed by atoms with E-state index in [1.165, 1.54) is 19.2 Å². The molecule has 28 heavy (non-hydrogen) atoms. The zero-order chi connectivity index (χ0) is 20.5. The molecule has 8 heteroatoms. The fourth-order valence-corrected chi connectivity index (χ4v) is 3.18. The van der Waals surface area contributed by atoms with Gasteiger partial charge in [-0.1, -0.05) is 19.8 Å². The van der Waals surface area contributed by atoms with Gasteiger partial charge in [0.1, 0.15) is 0 Å². The number of amides is 3. The summed E-state index contributed by atoms with van der Waals surface area (Å²) in [5.41, 5.74) is 0.220. The zero-order valence-corrected chi connectivity index (χ0v) is 16.6.